The maximum absolute atomic E-state index is 11.8. The van der Waals surface area contributed by atoms with Crippen molar-refractivity contribution < 1.29 is 16.8 Å². The molecule has 0 radical (unpaired) electrons. The first kappa shape index (κ1) is 14.7. The lowest BCUT2D eigenvalue weighted by atomic mass is 10.4. The van der Waals surface area contributed by atoms with Crippen LogP contribution in [0.15, 0.2) is 34.1 Å². The Hall–Kier alpha value is -1.40. The van der Waals surface area contributed by atoms with Crippen LogP contribution >= 0.6 is 0 Å². The van der Waals surface area contributed by atoms with Crippen molar-refractivity contribution >= 4 is 20.0 Å². The van der Waals surface area contributed by atoms with E-state index in [1.165, 1.54) is 18.2 Å². The molecule has 0 aliphatic heterocycles. The van der Waals surface area contributed by atoms with Gasteiger partial charge in [-0.05, 0) is 18.2 Å². The number of primary sulfonamides is 1. The van der Waals surface area contributed by atoms with Gasteiger partial charge in [0.15, 0.2) is 0 Å². The van der Waals surface area contributed by atoms with E-state index in [1.54, 1.807) is 0 Å². The average Bonchev–Trinajstić information content (AvgIpc) is 2.28. The highest BCUT2D eigenvalue weighted by molar-refractivity contribution is 7.90. The highest BCUT2D eigenvalue weighted by Crippen LogP contribution is 2.14. The zero-order valence-electron chi connectivity index (χ0n) is 9.33. The first-order valence-electron chi connectivity index (χ1n) is 4.83. The third kappa shape index (κ3) is 3.82. The van der Waals surface area contributed by atoms with E-state index in [-0.39, 0.29) is 22.8 Å². The number of nitrogens with one attached hydrogen (secondary N) is 1. The first-order chi connectivity index (χ1) is 8.27. The van der Waals surface area contributed by atoms with Crippen molar-refractivity contribution in [2.75, 3.05) is 6.54 Å². The summed E-state index contributed by atoms with van der Waals surface area (Å²) in [6.45, 7) is 0.0818. The summed E-state index contributed by atoms with van der Waals surface area (Å²) in [4.78, 5) is -0.437. The largest absolute Gasteiger partial charge is 0.240 e. The Bertz CT molecular complexity index is 672. The number of rotatable bonds is 5. The van der Waals surface area contributed by atoms with Crippen molar-refractivity contribution in [3.63, 3.8) is 0 Å². The minimum Gasteiger partial charge on any atom is -0.225 e. The van der Waals surface area contributed by atoms with Crippen LogP contribution in [0.2, 0.25) is 0 Å². The monoisotopic (exact) mass is 288 g/mol. The topological polar surface area (TPSA) is 106 Å². The summed E-state index contributed by atoms with van der Waals surface area (Å²) in [6, 6.07) is 4.78. The molecule has 8 heteroatoms. The standard InChI is InChI=1S/C10H12N2O4S2/c1-2-3-7-12-18(15,16)10-6-4-5-9(8-10)17(11,13)14/h1,4-6,8,12H,3,7H2,(H2,11,13,14). The highest BCUT2D eigenvalue weighted by Gasteiger charge is 2.16. The van der Waals surface area contributed by atoms with Crippen LogP contribution in [-0.2, 0) is 20.0 Å². The van der Waals surface area contributed by atoms with Gasteiger partial charge in [0.25, 0.3) is 0 Å². The molecule has 6 nitrogen and oxygen atoms in total. The molecule has 0 atom stereocenters. The van der Waals surface area contributed by atoms with Crippen LogP contribution in [0.1, 0.15) is 6.42 Å². The van der Waals surface area contributed by atoms with Crippen molar-refractivity contribution in [3.8, 4) is 12.3 Å². The second kappa shape index (κ2) is 5.49. The van der Waals surface area contributed by atoms with E-state index in [2.05, 4.69) is 10.6 Å². The Morgan fingerprint density at radius 3 is 2.39 bits per heavy atom. The zero-order chi connectivity index (χ0) is 13.8. The van der Waals surface area contributed by atoms with Crippen LogP contribution in [0, 0.1) is 12.3 Å². The fourth-order valence-corrected chi connectivity index (χ4v) is 2.87. The fraction of sp³-hybridized carbons (Fsp3) is 0.200. The van der Waals surface area contributed by atoms with Crippen LogP contribution in [0.25, 0.3) is 0 Å². The number of terminal acetylenes is 1. The third-order valence-corrected chi connectivity index (χ3v) is 4.38. The molecule has 0 spiro atoms. The minimum absolute atomic E-state index is 0.0818. The number of hydrogen-bond acceptors (Lipinski definition) is 4. The molecule has 0 fully saturated rings. The molecule has 0 heterocycles. The Balaban J connectivity index is 3.08. The van der Waals surface area contributed by atoms with Crippen LogP contribution in [0.3, 0.4) is 0 Å². The Labute approximate surface area is 106 Å². The molecular formula is C10H12N2O4S2. The van der Waals surface area contributed by atoms with Crippen LogP contribution in [-0.4, -0.2) is 23.4 Å². The predicted octanol–water partition coefficient (Wildman–Crippen LogP) is -0.364. The van der Waals surface area contributed by atoms with Crippen molar-refractivity contribution in [2.45, 2.75) is 16.2 Å². The molecule has 0 amide bonds. The first-order valence-corrected chi connectivity index (χ1v) is 7.86. The van der Waals surface area contributed by atoms with Crippen LogP contribution in [0.5, 0.6) is 0 Å². The van der Waals surface area contributed by atoms with Gasteiger partial charge in [0.1, 0.15) is 0 Å². The van der Waals surface area contributed by atoms with Crippen molar-refractivity contribution in [1.29, 1.82) is 0 Å². The van der Waals surface area contributed by atoms with Gasteiger partial charge < -0.3 is 0 Å². The second-order valence-electron chi connectivity index (χ2n) is 3.37. The number of hydrogen-bond donors (Lipinski definition) is 2. The minimum atomic E-state index is -3.94. The molecule has 1 rings (SSSR count). The van der Waals surface area contributed by atoms with E-state index in [9.17, 15) is 16.8 Å². The summed E-state index contributed by atoms with van der Waals surface area (Å²) >= 11 is 0. The van der Waals surface area contributed by atoms with E-state index in [0.717, 1.165) is 6.07 Å². The van der Waals surface area contributed by atoms with Crippen molar-refractivity contribution in [1.82, 2.24) is 4.72 Å². The van der Waals surface area contributed by atoms with Gasteiger partial charge in [0.05, 0.1) is 9.79 Å². The molecule has 0 aromatic heterocycles. The molecule has 0 saturated carbocycles. The van der Waals surface area contributed by atoms with Gasteiger partial charge in [-0.1, -0.05) is 6.07 Å². The Morgan fingerprint density at radius 1 is 1.22 bits per heavy atom. The normalized spacial score (nSPS) is 12.0. The van der Waals surface area contributed by atoms with Crippen molar-refractivity contribution in [3.05, 3.63) is 24.3 Å². The molecular weight excluding hydrogens is 276 g/mol. The van der Waals surface area contributed by atoms with Gasteiger partial charge in [0, 0.05) is 13.0 Å². The van der Waals surface area contributed by atoms with Gasteiger partial charge in [-0.2, -0.15) is 0 Å². The summed E-state index contributed by atoms with van der Waals surface area (Å²) in [6.07, 6.45) is 5.24. The number of sulfonamides is 2. The summed E-state index contributed by atoms with van der Waals surface area (Å²) in [5, 5.41) is 4.92. The quantitative estimate of drug-likeness (QED) is 0.569. The van der Waals surface area contributed by atoms with E-state index in [4.69, 9.17) is 11.6 Å². The summed E-state index contributed by atoms with van der Waals surface area (Å²) < 4.78 is 48.0. The molecule has 1 aromatic rings. The third-order valence-electron chi connectivity index (χ3n) is 2.01. The zero-order valence-corrected chi connectivity index (χ0v) is 11.0. The van der Waals surface area contributed by atoms with Gasteiger partial charge >= 0.3 is 0 Å². The molecule has 0 aliphatic rings. The Morgan fingerprint density at radius 2 is 1.83 bits per heavy atom. The SMILES string of the molecule is C#CCCNS(=O)(=O)c1cccc(S(N)(=O)=O)c1. The highest BCUT2D eigenvalue weighted by atomic mass is 32.2. The van der Waals surface area contributed by atoms with Crippen LogP contribution in [0.4, 0.5) is 0 Å². The maximum atomic E-state index is 11.8. The van der Waals surface area contributed by atoms with E-state index in [1.807, 2.05) is 0 Å². The lowest BCUT2D eigenvalue weighted by molar-refractivity contribution is 0.582. The van der Waals surface area contributed by atoms with Crippen LogP contribution < -0.4 is 9.86 Å². The molecule has 0 saturated heterocycles. The van der Waals surface area contributed by atoms with Gasteiger partial charge in [-0.25, -0.2) is 26.7 Å². The molecule has 0 bridgehead atoms. The summed E-state index contributed by atoms with van der Waals surface area (Å²) in [5.41, 5.74) is 0. The number of benzene rings is 1. The fourth-order valence-electron chi connectivity index (χ4n) is 1.16. The maximum Gasteiger partial charge on any atom is 0.240 e. The molecule has 0 aliphatic carbocycles. The van der Waals surface area contributed by atoms with E-state index >= 15 is 0 Å². The van der Waals surface area contributed by atoms with Crippen molar-refractivity contribution in [2.24, 2.45) is 5.14 Å². The molecule has 18 heavy (non-hydrogen) atoms. The predicted molar refractivity (Wildman–Crippen MR) is 66.5 cm³/mol. The lowest BCUT2D eigenvalue weighted by Crippen LogP contribution is -2.25. The number of nitrogens with two attached hydrogens (primary N) is 1. The van der Waals surface area contributed by atoms with Gasteiger partial charge in [-0.15, -0.1) is 12.3 Å². The van der Waals surface area contributed by atoms with Gasteiger partial charge in [0.2, 0.25) is 20.0 Å². The molecule has 0 unspecified atom stereocenters. The summed E-state index contributed by atoms with van der Waals surface area (Å²) in [7, 11) is -7.72. The molecule has 3 N–H and O–H groups in total. The van der Waals surface area contributed by atoms with Gasteiger partial charge in [-0.3, -0.25) is 0 Å². The second-order valence-corrected chi connectivity index (χ2v) is 6.70. The van der Waals surface area contributed by atoms with E-state index in [0.29, 0.717) is 0 Å². The van der Waals surface area contributed by atoms with E-state index < -0.39 is 20.0 Å². The lowest BCUT2D eigenvalue weighted by Gasteiger charge is -2.06. The molecule has 1 aromatic carbocycles. The summed E-state index contributed by atoms with van der Waals surface area (Å²) in [5.74, 6) is 2.28. The average molecular weight is 288 g/mol. The smallest absolute Gasteiger partial charge is 0.225 e. The molecule has 98 valence electrons. The Kier molecular flexibility index (Phi) is 4.48.